The molecular weight excluding hydrogens is 576 g/mol. The second-order valence-corrected chi connectivity index (χ2v) is 14.3. The SMILES string of the molecule is CCCCCCCC1CCC(C2CCC(c3ccc(Oc4cccc(N)c4)cc3)(c3ccc(Oc4cccc(N)c4)cc3)CC2)CC1. The second kappa shape index (κ2) is 15.8. The van der Waals surface area contributed by atoms with E-state index in [9.17, 15) is 0 Å². The predicted octanol–water partition coefficient (Wildman–Crippen LogP) is 12.1. The Morgan fingerprint density at radius 2 is 1.04 bits per heavy atom. The molecule has 47 heavy (non-hydrogen) atoms. The monoisotopic (exact) mass is 630 g/mol. The van der Waals surface area contributed by atoms with Gasteiger partial charge in [-0.25, -0.2) is 0 Å². The van der Waals surface area contributed by atoms with E-state index in [0.717, 1.165) is 40.8 Å². The van der Waals surface area contributed by atoms with Gasteiger partial charge >= 0.3 is 0 Å². The van der Waals surface area contributed by atoms with Crippen LogP contribution in [0.4, 0.5) is 11.4 Å². The lowest BCUT2D eigenvalue weighted by atomic mass is 9.60. The van der Waals surface area contributed by atoms with Crippen molar-refractivity contribution in [3.05, 3.63) is 108 Å². The van der Waals surface area contributed by atoms with Crippen molar-refractivity contribution in [3.63, 3.8) is 0 Å². The van der Waals surface area contributed by atoms with Gasteiger partial charge in [-0.1, -0.05) is 94.7 Å². The van der Waals surface area contributed by atoms with Crippen LogP contribution in [0.15, 0.2) is 97.1 Å². The molecule has 0 spiro atoms. The highest BCUT2D eigenvalue weighted by Gasteiger charge is 2.41. The lowest BCUT2D eigenvalue weighted by molar-refractivity contribution is 0.140. The number of nitrogen functional groups attached to an aromatic ring is 2. The van der Waals surface area contributed by atoms with Crippen molar-refractivity contribution < 1.29 is 9.47 Å². The first kappa shape index (κ1) is 33.0. The Balaban J connectivity index is 1.15. The average molecular weight is 631 g/mol. The van der Waals surface area contributed by atoms with E-state index in [1.54, 1.807) is 0 Å². The van der Waals surface area contributed by atoms with E-state index < -0.39 is 0 Å². The standard InChI is InChI=1S/C43H54N2O2/c1-2-3-4-5-6-9-32-14-16-33(17-15-32)34-26-28-43(29-27-34,35-18-22-39(23-19-35)46-41-12-7-10-37(44)30-41)36-20-24-40(25-21-36)47-42-13-8-11-38(45)31-42/h7-8,10-13,18-25,30-34H,2-6,9,14-17,26-29,44-45H2,1H3. The number of anilines is 2. The quantitative estimate of drug-likeness (QED) is 0.114. The Hall–Kier alpha value is -3.92. The van der Waals surface area contributed by atoms with E-state index >= 15 is 0 Å². The van der Waals surface area contributed by atoms with Crippen molar-refractivity contribution in [2.75, 3.05) is 11.5 Å². The molecule has 2 aliphatic rings. The maximum Gasteiger partial charge on any atom is 0.129 e. The molecule has 0 aromatic heterocycles. The normalized spacial score (nSPS) is 19.7. The molecule has 0 bridgehead atoms. The molecular formula is C43H54N2O2. The number of ether oxygens (including phenoxy) is 2. The number of rotatable bonds is 13. The molecule has 248 valence electrons. The second-order valence-electron chi connectivity index (χ2n) is 14.3. The first-order valence-corrected chi connectivity index (χ1v) is 18.3. The Labute approximate surface area is 282 Å². The summed E-state index contributed by atoms with van der Waals surface area (Å²) in [6.45, 7) is 2.31. The molecule has 0 saturated heterocycles. The smallest absolute Gasteiger partial charge is 0.129 e. The van der Waals surface area contributed by atoms with Crippen LogP contribution in [-0.2, 0) is 5.41 Å². The Morgan fingerprint density at radius 3 is 1.53 bits per heavy atom. The molecule has 0 atom stereocenters. The van der Waals surface area contributed by atoms with Crippen LogP contribution in [0.25, 0.3) is 0 Å². The number of benzene rings is 4. The molecule has 0 amide bonds. The molecule has 4 aromatic rings. The third-order valence-corrected chi connectivity index (χ3v) is 11.2. The van der Waals surface area contributed by atoms with Crippen LogP contribution in [0, 0.1) is 17.8 Å². The fourth-order valence-corrected chi connectivity index (χ4v) is 8.45. The predicted molar refractivity (Wildman–Crippen MR) is 196 cm³/mol. The van der Waals surface area contributed by atoms with E-state index in [1.807, 2.05) is 48.5 Å². The summed E-state index contributed by atoms with van der Waals surface area (Å²) in [5.41, 5.74) is 16.1. The summed E-state index contributed by atoms with van der Waals surface area (Å²) in [7, 11) is 0. The lowest BCUT2D eigenvalue weighted by Crippen LogP contribution is -2.35. The van der Waals surface area contributed by atoms with E-state index in [1.165, 1.54) is 101 Å². The molecule has 0 unspecified atom stereocenters. The van der Waals surface area contributed by atoms with Crippen molar-refractivity contribution in [2.24, 2.45) is 17.8 Å². The van der Waals surface area contributed by atoms with Gasteiger partial charge < -0.3 is 20.9 Å². The number of unbranched alkanes of at least 4 members (excludes halogenated alkanes) is 4. The van der Waals surface area contributed by atoms with Gasteiger partial charge in [0, 0.05) is 28.9 Å². The summed E-state index contributed by atoms with van der Waals surface area (Å²) in [6.07, 6.45) is 19.2. The van der Waals surface area contributed by atoms with Gasteiger partial charge in [-0.15, -0.1) is 0 Å². The van der Waals surface area contributed by atoms with Crippen molar-refractivity contribution >= 4 is 11.4 Å². The van der Waals surface area contributed by atoms with Gasteiger partial charge in [-0.3, -0.25) is 0 Å². The highest BCUT2D eigenvalue weighted by atomic mass is 16.5. The third kappa shape index (κ3) is 8.52. The van der Waals surface area contributed by atoms with E-state index in [0.29, 0.717) is 11.4 Å². The zero-order chi connectivity index (χ0) is 32.5. The molecule has 2 saturated carbocycles. The van der Waals surface area contributed by atoms with E-state index in [2.05, 4.69) is 55.5 Å². The first-order chi connectivity index (χ1) is 23.0. The molecule has 4 nitrogen and oxygen atoms in total. The van der Waals surface area contributed by atoms with Crippen LogP contribution in [0.2, 0.25) is 0 Å². The molecule has 4 N–H and O–H groups in total. The zero-order valence-electron chi connectivity index (χ0n) is 28.3. The molecule has 6 rings (SSSR count). The maximum absolute atomic E-state index is 6.16. The molecule has 0 heterocycles. The lowest BCUT2D eigenvalue weighted by Gasteiger charge is -2.44. The highest BCUT2D eigenvalue weighted by Crippen LogP contribution is 2.51. The topological polar surface area (TPSA) is 70.5 Å². The van der Waals surface area contributed by atoms with Gasteiger partial charge in [0.1, 0.15) is 23.0 Å². The maximum atomic E-state index is 6.16. The highest BCUT2D eigenvalue weighted by molar-refractivity contribution is 5.48. The Morgan fingerprint density at radius 1 is 0.553 bits per heavy atom. The summed E-state index contributed by atoms with van der Waals surface area (Å²) >= 11 is 0. The van der Waals surface area contributed by atoms with Crippen LogP contribution in [0.3, 0.4) is 0 Å². The molecule has 0 aliphatic heterocycles. The summed E-state index contributed by atoms with van der Waals surface area (Å²) < 4.78 is 12.3. The molecule has 0 radical (unpaired) electrons. The van der Waals surface area contributed by atoms with E-state index in [-0.39, 0.29) is 5.41 Å². The summed E-state index contributed by atoms with van der Waals surface area (Å²) in [5, 5.41) is 0. The van der Waals surface area contributed by atoms with Crippen molar-refractivity contribution in [1.82, 2.24) is 0 Å². The molecule has 4 heteroatoms. The fraction of sp³-hybridized carbons (Fsp3) is 0.442. The minimum Gasteiger partial charge on any atom is -0.457 e. The number of nitrogens with two attached hydrogens (primary N) is 2. The van der Waals surface area contributed by atoms with Crippen LogP contribution in [-0.4, -0.2) is 0 Å². The Kier molecular flexibility index (Phi) is 11.1. The summed E-state index contributed by atoms with van der Waals surface area (Å²) in [5.74, 6) is 5.88. The summed E-state index contributed by atoms with van der Waals surface area (Å²) in [6, 6.07) is 32.8. The molecule has 2 aliphatic carbocycles. The fourth-order valence-electron chi connectivity index (χ4n) is 8.45. The Bertz CT molecular complexity index is 1440. The van der Waals surface area contributed by atoms with Crippen molar-refractivity contribution in [3.8, 4) is 23.0 Å². The van der Waals surface area contributed by atoms with Gasteiger partial charge in [-0.2, -0.15) is 0 Å². The number of hydrogen-bond donors (Lipinski definition) is 2. The van der Waals surface area contributed by atoms with Crippen molar-refractivity contribution in [2.45, 2.75) is 102 Å². The minimum atomic E-state index is -0.0302. The van der Waals surface area contributed by atoms with Crippen LogP contribution < -0.4 is 20.9 Å². The molecule has 2 fully saturated rings. The van der Waals surface area contributed by atoms with Gasteiger partial charge in [0.2, 0.25) is 0 Å². The number of hydrogen-bond acceptors (Lipinski definition) is 4. The van der Waals surface area contributed by atoms with E-state index in [4.69, 9.17) is 20.9 Å². The molecule has 4 aromatic carbocycles. The zero-order valence-corrected chi connectivity index (χ0v) is 28.3. The van der Waals surface area contributed by atoms with Crippen LogP contribution >= 0.6 is 0 Å². The summed E-state index contributed by atoms with van der Waals surface area (Å²) in [4.78, 5) is 0. The van der Waals surface area contributed by atoms with Crippen LogP contribution in [0.5, 0.6) is 23.0 Å². The largest absolute Gasteiger partial charge is 0.457 e. The average Bonchev–Trinajstić information content (AvgIpc) is 3.09. The van der Waals surface area contributed by atoms with Gasteiger partial charge in [0.15, 0.2) is 0 Å². The van der Waals surface area contributed by atoms with Gasteiger partial charge in [-0.05, 0) is 116 Å². The van der Waals surface area contributed by atoms with Gasteiger partial charge in [0.25, 0.3) is 0 Å². The first-order valence-electron chi connectivity index (χ1n) is 18.3. The minimum absolute atomic E-state index is 0.0302. The third-order valence-electron chi connectivity index (χ3n) is 11.2. The van der Waals surface area contributed by atoms with Gasteiger partial charge in [0.05, 0.1) is 0 Å². The van der Waals surface area contributed by atoms with Crippen LogP contribution in [0.1, 0.15) is 108 Å². The van der Waals surface area contributed by atoms with Crippen molar-refractivity contribution in [1.29, 1.82) is 0 Å².